The number of para-hydroxylation sites is 1. The molecule has 3 aromatic rings. The average molecular weight is 432 g/mol. The largest absolute Gasteiger partial charge is 0.486 e. The number of rotatable bonds is 4. The van der Waals surface area contributed by atoms with E-state index < -0.39 is 0 Å². The minimum Gasteiger partial charge on any atom is -0.486 e. The molecule has 1 fully saturated rings. The fourth-order valence-corrected chi connectivity index (χ4v) is 3.88. The Morgan fingerprint density at radius 2 is 1.78 bits per heavy atom. The predicted octanol–water partition coefficient (Wildman–Crippen LogP) is 2.66. The molecule has 1 saturated heterocycles. The molecule has 1 amide bonds. The summed E-state index contributed by atoms with van der Waals surface area (Å²) in [4.78, 5) is 30.2. The van der Waals surface area contributed by atoms with Gasteiger partial charge in [-0.1, -0.05) is 6.07 Å². The average Bonchev–Trinajstić information content (AvgIpc) is 2.83. The van der Waals surface area contributed by atoms with E-state index in [0.717, 1.165) is 17.2 Å². The van der Waals surface area contributed by atoms with Crippen LogP contribution in [0.3, 0.4) is 0 Å². The van der Waals surface area contributed by atoms with Crippen LogP contribution in [0.2, 0.25) is 0 Å². The summed E-state index contributed by atoms with van der Waals surface area (Å²) in [5.74, 6) is 3.37. The number of anilines is 3. The number of piperazine rings is 1. The van der Waals surface area contributed by atoms with Gasteiger partial charge in [-0.25, -0.2) is 15.0 Å². The van der Waals surface area contributed by atoms with Crippen molar-refractivity contribution in [3.05, 3.63) is 60.0 Å². The van der Waals surface area contributed by atoms with Crippen molar-refractivity contribution < 1.29 is 14.3 Å². The van der Waals surface area contributed by atoms with Crippen LogP contribution in [0.4, 0.5) is 17.5 Å². The quantitative estimate of drug-likeness (QED) is 0.673. The maximum atomic E-state index is 13.1. The third-order valence-electron chi connectivity index (χ3n) is 5.51. The third kappa shape index (κ3) is 4.14. The van der Waals surface area contributed by atoms with Gasteiger partial charge in [0.15, 0.2) is 11.5 Å². The van der Waals surface area contributed by atoms with Gasteiger partial charge in [-0.3, -0.25) is 4.79 Å². The van der Waals surface area contributed by atoms with Gasteiger partial charge in [0.2, 0.25) is 0 Å². The van der Waals surface area contributed by atoms with Gasteiger partial charge in [-0.15, -0.1) is 0 Å². The highest BCUT2D eigenvalue weighted by molar-refractivity contribution is 5.98. The zero-order valence-electron chi connectivity index (χ0n) is 17.8. The van der Waals surface area contributed by atoms with Gasteiger partial charge >= 0.3 is 0 Å². The van der Waals surface area contributed by atoms with E-state index in [1.807, 2.05) is 42.2 Å². The topological polar surface area (TPSA) is 92.7 Å². The monoisotopic (exact) mass is 432 g/mol. The van der Waals surface area contributed by atoms with E-state index in [0.29, 0.717) is 62.3 Å². The van der Waals surface area contributed by atoms with Crippen molar-refractivity contribution in [2.75, 3.05) is 49.6 Å². The maximum Gasteiger partial charge on any atom is 0.257 e. The van der Waals surface area contributed by atoms with Crippen molar-refractivity contribution in [1.82, 2.24) is 19.9 Å². The first kappa shape index (κ1) is 20.0. The number of ether oxygens (including phenoxy) is 2. The molecule has 164 valence electrons. The van der Waals surface area contributed by atoms with Crippen LogP contribution in [0.15, 0.2) is 48.9 Å². The Hall–Kier alpha value is -3.88. The SMILES string of the molecule is Cc1ccnc(Nc2cc(N3CCN(C(=O)c4cccc5c4OCCO5)CC3)ncn2)c1. The first-order valence-electron chi connectivity index (χ1n) is 10.6. The highest BCUT2D eigenvalue weighted by Gasteiger charge is 2.27. The molecule has 4 heterocycles. The number of carbonyl (C=O) groups is 1. The van der Waals surface area contributed by atoms with Crippen LogP contribution in [0.1, 0.15) is 15.9 Å². The van der Waals surface area contributed by atoms with Crippen LogP contribution in [0.5, 0.6) is 11.5 Å². The fraction of sp³-hybridized carbons (Fsp3) is 0.304. The van der Waals surface area contributed by atoms with Crippen molar-refractivity contribution in [3.8, 4) is 11.5 Å². The van der Waals surface area contributed by atoms with Crippen LogP contribution >= 0.6 is 0 Å². The van der Waals surface area contributed by atoms with Crippen LogP contribution in [-0.4, -0.2) is 65.2 Å². The fourth-order valence-electron chi connectivity index (χ4n) is 3.88. The third-order valence-corrected chi connectivity index (χ3v) is 5.51. The number of nitrogens with zero attached hydrogens (tertiary/aromatic N) is 5. The van der Waals surface area contributed by atoms with Crippen molar-refractivity contribution >= 4 is 23.4 Å². The second-order valence-electron chi connectivity index (χ2n) is 7.71. The number of hydrogen-bond acceptors (Lipinski definition) is 8. The Bertz CT molecular complexity index is 1130. The number of fused-ring (bicyclic) bond motifs is 1. The summed E-state index contributed by atoms with van der Waals surface area (Å²) >= 11 is 0. The van der Waals surface area contributed by atoms with E-state index in [1.54, 1.807) is 18.6 Å². The lowest BCUT2D eigenvalue weighted by Gasteiger charge is -2.35. The molecule has 1 N–H and O–H groups in total. The Morgan fingerprint density at radius 1 is 0.969 bits per heavy atom. The summed E-state index contributed by atoms with van der Waals surface area (Å²) in [7, 11) is 0. The Labute approximate surface area is 186 Å². The van der Waals surface area contributed by atoms with Crippen LogP contribution < -0.4 is 19.7 Å². The van der Waals surface area contributed by atoms with Gasteiger partial charge < -0.3 is 24.6 Å². The summed E-state index contributed by atoms with van der Waals surface area (Å²) in [5.41, 5.74) is 1.67. The molecule has 0 saturated carbocycles. The maximum absolute atomic E-state index is 13.1. The Balaban J connectivity index is 1.25. The van der Waals surface area contributed by atoms with Gasteiger partial charge in [0, 0.05) is 38.4 Å². The second-order valence-corrected chi connectivity index (χ2v) is 7.71. The van der Waals surface area contributed by atoms with Gasteiger partial charge in [0.1, 0.15) is 37.0 Å². The first-order chi connectivity index (χ1) is 15.7. The molecule has 0 bridgehead atoms. The minimum absolute atomic E-state index is 0.0393. The Kier molecular flexibility index (Phi) is 5.45. The molecular formula is C23H24N6O3. The highest BCUT2D eigenvalue weighted by atomic mass is 16.6. The number of carbonyl (C=O) groups excluding carboxylic acids is 1. The van der Waals surface area contributed by atoms with E-state index in [-0.39, 0.29) is 5.91 Å². The van der Waals surface area contributed by atoms with Gasteiger partial charge in [-0.05, 0) is 36.8 Å². The lowest BCUT2D eigenvalue weighted by atomic mass is 10.1. The van der Waals surface area contributed by atoms with Gasteiger partial charge in [0.25, 0.3) is 5.91 Å². The number of pyridine rings is 1. The molecule has 2 aliphatic rings. The van der Waals surface area contributed by atoms with Crippen molar-refractivity contribution in [2.45, 2.75) is 6.92 Å². The number of amides is 1. The number of nitrogens with one attached hydrogen (secondary N) is 1. The van der Waals surface area contributed by atoms with E-state index >= 15 is 0 Å². The molecule has 2 aromatic heterocycles. The molecular weight excluding hydrogens is 408 g/mol. The number of aromatic nitrogens is 3. The van der Waals surface area contributed by atoms with Crippen molar-refractivity contribution in [1.29, 1.82) is 0 Å². The number of hydrogen-bond donors (Lipinski definition) is 1. The molecule has 1 aromatic carbocycles. The summed E-state index contributed by atoms with van der Waals surface area (Å²) in [6, 6.07) is 11.3. The highest BCUT2D eigenvalue weighted by Crippen LogP contribution is 2.34. The number of aryl methyl sites for hydroxylation is 1. The zero-order valence-corrected chi connectivity index (χ0v) is 17.8. The van der Waals surface area contributed by atoms with Gasteiger partial charge in [-0.2, -0.15) is 0 Å². The van der Waals surface area contributed by atoms with E-state index in [9.17, 15) is 4.79 Å². The smallest absolute Gasteiger partial charge is 0.257 e. The van der Waals surface area contributed by atoms with Crippen LogP contribution in [0.25, 0.3) is 0 Å². The van der Waals surface area contributed by atoms with Crippen LogP contribution in [0, 0.1) is 6.92 Å². The molecule has 0 atom stereocenters. The molecule has 2 aliphatic heterocycles. The summed E-state index contributed by atoms with van der Waals surface area (Å²) < 4.78 is 11.3. The molecule has 9 nitrogen and oxygen atoms in total. The second kappa shape index (κ2) is 8.70. The summed E-state index contributed by atoms with van der Waals surface area (Å²) in [6.07, 6.45) is 3.30. The lowest BCUT2D eigenvalue weighted by Crippen LogP contribution is -2.49. The van der Waals surface area contributed by atoms with Crippen molar-refractivity contribution in [3.63, 3.8) is 0 Å². The van der Waals surface area contributed by atoms with Gasteiger partial charge in [0.05, 0.1) is 5.56 Å². The van der Waals surface area contributed by atoms with E-state index in [1.165, 1.54) is 0 Å². The van der Waals surface area contributed by atoms with Crippen LogP contribution in [-0.2, 0) is 0 Å². The van der Waals surface area contributed by atoms with Crippen molar-refractivity contribution in [2.24, 2.45) is 0 Å². The normalized spacial score (nSPS) is 15.4. The first-order valence-corrected chi connectivity index (χ1v) is 10.6. The Morgan fingerprint density at radius 3 is 2.62 bits per heavy atom. The molecule has 5 rings (SSSR count). The standard InChI is InChI=1S/C23H24N6O3/c1-16-5-6-24-19(13-16)27-20-14-21(26-15-25-20)28-7-9-29(10-8-28)23(30)17-3-2-4-18-22(17)32-12-11-31-18/h2-6,13-15H,7-12H2,1H3,(H,24,25,26,27). The van der Waals surface area contributed by atoms with E-state index in [2.05, 4.69) is 25.2 Å². The predicted molar refractivity (Wildman–Crippen MR) is 120 cm³/mol. The zero-order chi connectivity index (χ0) is 21.9. The number of benzene rings is 1. The molecule has 0 radical (unpaired) electrons. The molecule has 0 spiro atoms. The molecule has 9 heteroatoms. The van der Waals surface area contributed by atoms with E-state index in [4.69, 9.17) is 9.47 Å². The minimum atomic E-state index is -0.0393. The molecule has 0 unspecified atom stereocenters. The molecule has 0 aliphatic carbocycles. The summed E-state index contributed by atoms with van der Waals surface area (Å²) in [6.45, 7) is 5.51. The molecule has 32 heavy (non-hydrogen) atoms. The lowest BCUT2D eigenvalue weighted by molar-refractivity contribution is 0.0736. The summed E-state index contributed by atoms with van der Waals surface area (Å²) in [5, 5.41) is 3.22.